The molecule has 3 nitrogen and oxygen atoms in total. The standard InChI is InChI=1S/C16H27NO2/c1-3-14-7-4-5-8-16(14)19-12-10-17-13(2)15-9-6-11-18-15/h6,9,11,13-14,16-17H,3-5,7-8,10,12H2,1-2H3. The summed E-state index contributed by atoms with van der Waals surface area (Å²) >= 11 is 0. The Labute approximate surface area is 116 Å². The molecule has 0 radical (unpaired) electrons. The Bertz CT molecular complexity index is 337. The van der Waals surface area contributed by atoms with Crippen molar-refractivity contribution in [3.63, 3.8) is 0 Å². The van der Waals surface area contributed by atoms with Gasteiger partial charge in [0.05, 0.1) is 25.0 Å². The lowest BCUT2D eigenvalue weighted by Crippen LogP contribution is -2.31. The SMILES string of the molecule is CCC1CCCCC1OCCNC(C)c1ccco1. The van der Waals surface area contributed by atoms with Gasteiger partial charge in [-0.2, -0.15) is 0 Å². The largest absolute Gasteiger partial charge is 0.468 e. The Kier molecular flexibility index (Phi) is 5.93. The van der Waals surface area contributed by atoms with E-state index in [1.54, 1.807) is 6.26 Å². The second-order valence-electron chi connectivity index (χ2n) is 5.55. The van der Waals surface area contributed by atoms with Crippen LogP contribution >= 0.6 is 0 Å². The lowest BCUT2D eigenvalue weighted by molar-refractivity contribution is -0.0109. The second kappa shape index (κ2) is 7.71. The molecular formula is C16H27NO2. The first-order valence-electron chi connectivity index (χ1n) is 7.69. The van der Waals surface area contributed by atoms with Crippen LogP contribution in [-0.4, -0.2) is 19.3 Å². The normalized spacial score (nSPS) is 25.4. The molecule has 0 aliphatic heterocycles. The molecule has 3 atom stereocenters. The topological polar surface area (TPSA) is 34.4 Å². The van der Waals surface area contributed by atoms with E-state index in [-0.39, 0.29) is 6.04 Å². The number of hydrogen-bond acceptors (Lipinski definition) is 3. The highest BCUT2D eigenvalue weighted by molar-refractivity contribution is 5.02. The van der Waals surface area contributed by atoms with E-state index in [1.807, 2.05) is 12.1 Å². The summed E-state index contributed by atoms with van der Waals surface area (Å²) in [5.41, 5.74) is 0. The quantitative estimate of drug-likeness (QED) is 0.759. The van der Waals surface area contributed by atoms with Crippen molar-refractivity contribution in [2.45, 2.75) is 58.1 Å². The molecule has 2 rings (SSSR count). The molecule has 1 aliphatic rings. The molecule has 19 heavy (non-hydrogen) atoms. The van der Waals surface area contributed by atoms with E-state index in [2.05, 4.69) is 19.2 Å². The molecular weight excluding hydrogens is 238 g/mol. The molecule has 0 saturated heterocycles. The number of furan rings is 1. The first-order valence-corrected chi connectivity index (χ1v) is 7.69. The maximum atomic E-state index is 6.06. The van der Waals surface area contributed by atoms with Gasteiger partial charge in [0.2, 0.25) is 0 Å². The van der Waals surface area contributed by atoms with E-state index < -0.39 is 0 Å². The van der Waals surface area contributed by atoms with E-state index in [0.29, 0.717) is 6.10 Å². The Balaban J connectivity index is 1.63. The van der Waals surface area contributed by atoms with Crippen molar-refractivity contribution in [2.75, 3.05) is 13.2 Å². The Hall–Kier alpha value is -0.800. The van der Waals surface area contributed by atoms with Gasteiger partial charge in [-0.3, -0.25) is 0 Å². The van der Waals surface area contributed by atoms with Crippen LogP contribution in [0.25, 0.3) is 0 Å². The summed E-state index contributed by atoms with van der Waals surface area (Å²) < 4.78 is 11.4. The average Bonchev–Trinajstić information content (AvgIpc) is 2.98. The fourth-order valence-electron chi connectivity index (χ4n) is 2.98. The first-order chi connectivity index (χ1) is 9.31. The van der Waals surface area contributed by atoms with Crippen LogP contribution < -0.4 is 5.32 Å². The fourth-order valence-corrected chi connectivity index (χ4v) is 2.98. The first kappa shape index (κ1) is 14.6. The zero-order valence-electron chi connectivity index (χ0n) is 12.2. The van der Waals surface area contributed by atoms with Crippen molar-refractivity contribution in [3.05, 3.63) is 24.2 Å². The Morgan fingerprint density at radius 2 is 2.26 bits per heavy atom. The second-order valence-corrected chi connectivity index (χ2v) is 5.55. The van der Waals surface area contributed by atoms with Gasteiger partial charge in [0.1, 0.15) is 5.76 Å². The van der Waals surface area contributed by atoms with Crippen LogP contribution in [0.3, 0.4) is 0 Å². The van der Waals surface area contributed by atoms with Crippen molar-refractivity contribution < 1.29 is 9.15 Å². The number of ether oxygens (including phenoxy) is 1. The third-order valence-corrected chi connectivity index (χ3v) is 4.22. The summed E-state index contributed by atoms with van der Waals surface area (Å²) in [5, 5.41) is 3.44. The summed E-state index contributed by atoms with van der Waals surface area (Å²) in [6.45, 7) is 6.08. The van der Waals surface area contributed by atoms with Gasteiger partial charge in [-0.1, -0.05) is 26.2 Å². The van der Waals surface area contributed by atoms with E-state index in [9.17, 15) is 0 Å². The van der Waals surface area contributed by atoms with Gasteiger partial charge in [-0.15, -0.1) is 0 Å². The van der Waals surface area contributed by atoms with Crippen LogP contribution in [0.2, 0.25) is 0 Å². The average molecular weight is 265 g/mol. The zero-order chi connectivity index (χ0) is 13.5. The fraction of sp³-hybridized carbons (Fsp3) is 0.750. The Morgan fingerprint density at radius 3 is 3.00 bits per heavy atom. The van der Waals surface area contributed by atoms with E-state index in [0.717, 1.165) is 24.8 Å². The highest BCUT2D eigenvalue weighted by Gasteiger charge is 2.23. The maximum Gasteiger partial charge on any atom is 0.120 e. The highest BCUT2D eigenvalue weighted by Crippen LogP contribution is 2.28. The molecule has 0 amide bonds. The molecule has 1 aromatic rings. The molecule has 1 fully saturated rings. The van der Waals surface area contributed by atoms with Crippen LogP contribution in [0.1, 0.15) is 57.8 Å². The van der Waals surface area contributed by atoms with Gasteiger partial charge in [-0.25, -0.2) is 0 Å². The molecule has 0 aromatic carbocycles. The van der Waals surface area contributed by atoms with E-state index in [1.165, 1.54) is 32.1 Å². The van der Waals surface area contributed by atoms with Crippen molar-refractivity contribution in [1.29, 1.82) is 0 Å². The van der Waals surface area contributed by atoms with Crippen LogP contribution in [0, 0.1) is 5.92 Å². The van der Waals surface area contributed by atoms with Gasteiger partial charge in [0, 0.05) is 6.54 Å². The van der Waals surface area contributed by atoms with Crippen LogP contribution in [0.15, 0.2) is 22.8 Å². The summed E-state index contributed by atoms with van der Waals surface area (Å²) in [5.74, 6) is 1.76. The zero-order valence-corrected chi connectivity index (χ0v) is 12.2. The van der Waals surface area contributed by atoms with Crippen molar-refractivity contribution >= 4 is 0 Å². The molecule has 1 aromatic heterocycles. The van der Waals surface area contributed by atoms with E-state index in [4.69, 9.17) is 9.15 Å². The third kappa shape index (κ3) is 4.36. The minimum absolute atomic E-state index is 0.256. The minimum atomic E-state index is 0.256. The van der Waals surface area contributed by atoms with E-state index >= 15 is 0 Å². The lowest BCUT2D eigenvalue weighted by Gasteiger charge is -2.31. The lowest BCUT2D eigenvalue weighted by atomic mass is 9.85. The van der Waals surface area contributed by atoms with Gasteiger partial charge >= 0.3 is 0 Å². The molecule has 1 heterocycles. The number of nitrogens with one attached hydrogen (secondary N) is 1. The minimum Gasteiger partial charge on any atom is -0.468 e. The van der Waals surface area contributed by atoms with Crippen LogP contribution in [-0.2, 0) is 4.74 Å². The van der Waals surface area contributed by atoms with Gasteiger partial charge < -0.3 is 14.5 Å². The van der Waals surface area contributed by atoms with Crippen LogP contribution in [0.5, 0.6) is 0 Å². The number of rotatable bonds is 7. The van der Waals surface area contributed by atoms with Crippen LogP contribution in [0.4, 0.5) is 0 Å². The van der Waals surface area contributed by atoms with Crippen molar-refractivity contribution in [3.8, 4) is 0 Å². The smallest absolute Gasteiger partial charge is 0.120 e. The predicted octanol–water partition coefficient (Wildman–Crippen LogP) is 3.92. The van der Waals surface area contributed by atoms with Gasteiger partial charge in [-0.05, 0) is 37.8 Å². The molecule has 0 spiro atoms. The Morgan fingerprint density at radius 1 is 1.42 bits per heavy atom. The van der Waals surface area contributed by atoms with Gasteiger partial charge in [0.15, 0.2) is 0 Å². The molecule has 3 heteroatoms. The molecule has 1 aliphatic carbocycles. The summed E-state index contributed by atoms with van der Waals surface area (Å²) in [6, 6.07) is 4.19. The third-order valence-electron chi connectivity index (χ3n) is 4.22. The predicted molar refractivity (Wildman–Crippen MR) is 77.1 cm³/mol. The molecule has 1 N–H and O–H groups in total. The molecule has 3 unspecified atom stereocenters. The highest BCUT2D eigenvalue weighted by atomic mass is 16.5. The monoisotopic (exact) mass is 265 g/mol. The maximum absolute atomic E-state index is 6.06. The number of hydrogen-bond donors (Lipinski definition) is 1. The molecule has 108 valence electrons. The molecule has 1 saturated carbocycles. The van der Waals surface area contributed by atoms with Crippen molar-refractivity contribution in [2.24, 2.45) is 5.92 Å². The summed E-state index contributed by atoms with van der Waals surface area (Å²) in [4.78, 5) is 0. The summed E-state index contributed by atoms with van der Waals surface area (Å²) in [6.07, 6.45) is 8.76. The van der Waals surface area contributed by atoms with Gasteiger partial charge in [0.25, 0.3) is 0 Å². The summed E-state index contributed by atoms with van der Waals surface area (Å²) in [7, 11) is 0. The molecule has 0 bridgehead atoms. The van der Waals surface area contributed by atoms with Crippen molar-refractivity contribution in [1.82, 2.24) is 5.32 Å².